The van der Waals surface area contributed by atoms with Gasteiger partial charge in [-0.05, 0) is 24.6 Å². The molecule has 0 atom stereocenters. The van der Waals surface area contributed by atoms with Gasteiger partial charge < -0.3 is 5.73 Å². The van der Waals surface area contributed by atoms with E-state index >= 15 is 0 Å². The van der Waals surface area contributed by atoms with Gasteiger partial charge in [0, 0.05) is 17.4 Å². The summed E-state index contributed by atoms with van der Waals surface area (Å²) in [7, 11) is -3.88. The third-order valence-corrected chi connectivity index (χ3v) is 4.08. The number of sulfonamides is 1. The monoisotopic (exact) mass is 291 g/mol. The molecule has 0 unspecified atom stereocenters. The molecule has 2 aromatic rings. The van der Waals surface area contributed by atoms with E-state index in [0.717, 1.165) is 5.69 Å². The van der Waals surface area contributed by atoms with Gasteiger partial charge in [-0.25, -0.2) is 8.42 Å². The smallest absolute Gasteiger partial charge is 0.264 e. The maximum absolute atomic E-state index is 12.2. The van der Waals surface area contributed by atoms with Crippen LogP contribution >= 0.6 is 0 Å². The molecular formula is C12H13N5O2S. The molecule has 0 spiro atoms. The van der Waals surface area contributed by atoms with E-state index in [1.54, 1.807) is 6.07 Å². The number of nitrogen functional groups attached to an aromatic ring is 1. The summed E-state index contributed by atoms with van der Waals surface area (Å²) in [5, 5.41) is 15.5. The summed E-state index contributed by atoms with van der Waals surface area (Å²) in [5.74, 6) is 0.183. The van der Waals surface area contributed by atoms with Gasteiger partial charge in [0.1, 0.15) is 11.0 Å². The lowest BCUT2D eigenvalue weighted by molar-refractivity contribution is 0.601. The van der Waals surface area contributed by atoms with Crippen LogP contribution in [0, 0.1) is 11.3 Å². The number of hydrogen-bond acceptors (Lipinski definition) is 5. The van der Waals surface area contributed by atoms with Crippen LogP contribution in [0.1, 0.15) is 18.2 Å². The Morgan fingerprint density at radius 2 is 2.20 bits per heavy atom. The molecule has 0 fully saturated rings. The van der Waals surface area contributed by atoms with E-state index in [1.165, 1.54) is 18.2 Å². The molecule has 0 radical (unpaired) electrons. The molecule has 4 N–H and O–H groups in total. The van der Waals surface area contributed by atoms with Crippen LogP contribution in [0.3, 0.4) is 0 Å². The molecule has 0 bridgehead atoms. The van der Waals surface area contributed by atoms with Crippen molar-refractivity contribution in [1.82, 2.24) is 10.2 Å². The van der Waals surface area contributed by atoms with Gasteiger partial charge in [0.05, 0.1) is 5.56 Å². The largest absolute Gasteiger partial charge is 0.399 e. The van der Waals surface area contributed by atoms with Crippen molar-refractivity contribution in [2.75, 3.05) is 10.5 Å². The third-order valence-electron chi connectivity index (χ3n) is 2.66. The number of aromatic nitrogens is 2. The van der Waals surface area contributed by atoms with Crippen LogP contribution in [0.4, 0.5) is 11.5 Å². The van der Waals surface area contributed by atoms with Crippen molar-refractivity contribution in [3.05, 3.63) is 35.5 Å². The van der Waals surface area contributed by atoms with Crippen molar-refractivity contribution < 1.29 is 8.42 Å². The van der Waals surface area contributed by atoms with E-state index in [0.29, 0.717) is 12.1 Å². The molecule has 1 aromatic carbocycles. The van der Waals surface area contributed by atoms with E-state index in [4.69, 9.17) is 11.0 Å². The molecule has 1 heterocycles. The highest BCUT2D eigenvalue weighted by Gasteiger charge is 2.20. The average Bonchev–Trinajstić information content (AvgIpc) is 2.85. The number of aryl methyl sites for hydroxylation is 1. The number of nitriles is 1. The van der Waals surface area contributed by atoms with E-state index in [1.807, 2.05) is 13.0 Å². The molecule has 0 saturated carbocycles. The summed E-state index contributed by atoms with van der Waals surface area (Å²) in [6.07, 6.45) is 0.708. The Morgan fingerprint density at radius 1 is 1.45 bits per heavy atom. The van der Waals surface area contributed by atoms with E-state index < -0.39 is 10.0 Å². The summed E-state index contributed by atoms with van der Waals surface area (Å²) in [6.45, 7) is 1.92. The highest BCUT2D eigenvalue weighted by Crippen LogP contribution is 2.20. The van der Waals surface area contributed by atoms with Crippen LogP contribution < -0.4 is 10.5 Å². The Hall–Kier alpha value is -2.53. The minimum Gasteiger partial charge on any atom is -0.399 e. The quantitative estimate of drug-likeness (QED) is 0.730. The molecular weight excluding hydrogens is 278 g/mol. The zero-order valence-electron chi connectivity index (χ0n) is 10.7. The lowest BCUT2D eigenvalue weighted by Gasteiger charge is -2.07. The van der Waals surface area contributed by atoms with Crippen LogP contribution in [0.2, 0.25) is 0 Å². The van der Waals surface area contributed by atoms with Gasteiger partial charge in [-0.3, -0.25) is 9.82 Å². The Bertz CT molecular complexity index is 773. The summed E-state index contributed by atoms with van der Waals surface area (Å²) < 4.78 is 26.8. The highest BCUT2D eigenvalue weighted by atomic mass is 32.2. The Kier molecular flexibility index (Phi) is 3.63. The molecule has 1 aromatic heterocycles. The summed E-state index contributed by atoms with van der Waals surface area (Å²) in [4.78, 5) is -0.129. The number of nitrogens with two attached hydrogens (primary N) is 1. The first-order valence-electron chi connectivity index (χ1n) is 5.83. The van der Waals surface area contributed by atoms with Crippen LogP contribution in [-0.4, -0.2) is 18.6 Å². The predicted molar refractivity (Wildman–Crippen MR) is 74.3 cm³/mol. The maximum Gasteiger partial charge on any atom is 0.264 e. The first-order chi connectivity index (χ1) is 9.46. The Morgan fingerprint density at radius 3 is 2.80 bits per heavy atom. The Labute approximate surface area is 116 Å². The second-order valence-corrected chi connectivity index (χ2v) is 5.76. The van der Waals surface area contributed by atoms with E-state index in [-0.39, 0.29) is 16.3 Å². The number of aromatic amines is 1. The molecule has 0 saturated heterocycles. The van der Waals surface area contributed by atoms with Gasteiger partial charge in [-0.1, -0.05) is 6.92 Å². The van der Waals surface area contributed by atoms with Crippen LogP contribution in [0.5, 0.6) is 0 Å². The van der Waals surface area contributed by atoms with Gasteiger partial charge in [-0.15, -0.1) is 0 Å². The second-order valence-electron chi connectivity index (χ2n) is 4.10. The molecule has 0 amide bonds. The van der Waals surface area contributed by atoms with Gasteiger partial charge in [0.2, 0.25) is 0 Å². The minimum atomic E-state index is -3.88. The lowest BCUT2D eigenvalue weighted by atomic mass is 10.2. The molecule has 2 rings (SSSR count). The predicted octanol–water partition coefficient (Wildman–Crippen LogP) is 1.23. The Balaban J connectivity index is 2.38. The fraction of sp³-hybridized carbons (Fsp3) is 0.167. The van der Waals surface area contributed by atoms with Gasteiger partial charge in [0.15, 0.2) is 5.82 Å². The third kappa shape index (κ3) is 2.73. The molecule has 20 heavy (non-hydrogen) atoms. The number of hydrogen-bond donors (Lipinski definition) is 3. The number of benzene rings is 1. The SMILES string of the molecule is CCc1cc(NS(=O)(=O)c2ccc(N)cc2C#N)n[nH]1. The number of nitrogens with zero attached hydrogens (tertiary/aromatic N) is 2. The molecule has 7 nitrogen and oxygen atoms in total. The van der Waals surface area contributed by atoms with Crippen molar-refractivity contribution in [2.45, 2.75) is 18.2 Å². The van der Waals surface area contributed by atoms with Crippen molar-refractivity contribution in [1.29, 1.82) is 5.26 Å². The highest BCUT2D eigenvalue weighted by molar-refractivity contribution is 7.92. The standard InChI is InChI=1S/C12H13N5O2S/c1-2-10-6-12(16-15-10)17-20(18,19)11-4-3-9(14)5-8(11)7-13/h3-6H,2,14H2,1H3,(H2,15,16,17). The molecule has 104 valence electrons. The summed E-state index contributed by atoms with van der Waals surface area (Å²) in [6, 6.07) is 7.45. The molecule has 8 heteroatoms. The first-order valence-corrected chi connectivity index (χ1v) is 7.31. The van der Waals surface area contributed by atoms with E-state index in [9.17, 15) is 8.42 Å². The molecule has 0 aliphatic carbocycles. The first kappa shape index (κ1) is 13.9. The number of rotatable bonds is 4. The van der Waals surface area contributed by atoms with Crippen molar-refractivity contribution in [3.8, 4) is 6.07 Å². The summed E-state index contributed by atoms with van der Waals surface area (Å²) >= 11 is 0. The number of nitrogens with one attached hydrogen (secondary N) is 2. The zero-order chi connectivity index (χ0) is 14.8. The van der Waals surface area contributed by atoms with Gasteiger partial charge >= 0.3 is 0 Å². The fourth-order valence-electron chi connectivity index (χ4n) is 1.66. The minimum absolute atomic E-state index is 0.0104. The normalized spacial score (nSPS) is 11.0. The van der Waals surface area contributed by atoms with Gasteiger partial charge in [-0.2, -0.15) is 10.4 Å². The van der Waals surface area contributed by atoms with Crippen LogP contribution in [-0.2, 0) is 16.4 Å². The maximum atomic E-state index is 12.2. The van der Waals surface area contributed by atoms with Crippen LogP contribution in [0.25, 0.3) is 0 Å². The number of anilines is 2. The van der Waals surface area contributed by atoms with Crippen LogP contribution in [0.15, 0.2) is 29.2 Å². The lowest BCUT2D eigenvalue weighted by Crippen LogP contribution is -2.14. The molecule has 0 aliphatic rings. The average molecular weight is 291 g/mol. The molecule has 0 aliphatic heterocycles. The van der Waals surface area contributed by atoms with Crippen molar-refractivity contribution >= 4 is 21.5 Å². The second kappa shape index (κ2) is 5.22. The summed E-state index contributed by atoms with van der Waals surface area (Å²) in [5.41, 5.74) is 6.66. The zero-order valence-corrected chi connectivity index (χ0v) is 11.5. The van der Waals surface area contributed by atoms with Crippen molar-refractivity contribution in [3.63, 3.8) is 0 Å². The van der Waals surface area contributed by atoms with Gasteiger partial charge in [0.25, 0.3) is 10.0 Å². The number of H-pyrrole nitrogens is 1. The van der Waals surface area contributed by atoms with E-state index in [2.05, 4.69) is 14.9 Å². The fourth-order valence-corrected chi connectivity index (χ4v) is 2.79. The topological polar surface area (TPSA) is 125 Å². The van der Waals surface area contributed by atoms with Crippen molar-refractivity contribution in [2.24, 2.45) is 0 Å².